The van der Waals surface area contributed by atoms with Gasteiger partial charge in [0.2, 0.25) is 0 Å². The summed E-state index contributed by atoms with van der Waals surface area (Å²) < 4.78 is 12.9. The van der Waals surface area contributed by atoms with Crippen LogP contribution in [0.4, 0.5) is 11.4 Å². The van der Waals surface area contributed by atoms with Gasteiger partial charge in [0.15, 0.2) is 0 Å². The second kappa shape index (κ2) is 9.59. The highest BCUT2D eigenvalue weighted by atomic mass is 35.5. The van der Waals surface area contributed by atoms with Crippen molar-refractivity contribution in [2.75, 3.05) is 24.4 Å². The van der Waals surface area contributed by atoms with E-state index >= 15 is 0 Å². The highest BCUT2D eigenvalue weighted by Gasteiger charge is 2.34. The van der Waals surface area contributed by atoms with Gasteiger partial charge in [0.05, 0.1) is 42.7 Å². The zero-order valence-corrected chi connectivity index (χ0v) is 21.3. The van der Waals surface area contributed by atoms with Crippen LogP contribution in [0.15, 0.2) is 66.7 Å². The van der Waals surface area contributed by atoms with Gasteiger partial charge in [0, 0.05) is 16.9 Å². The van der Waals surface area contributed by atoms with E-state index < -0.39 is 6.17 Å². The summed E-state index contributed by atoms with van der Waals surface area (Å²) in [6, 6.07) is 21.0. The van der Waals surface area contributed by atoms with Gasteiger partial charge >= 0.3 is 0 Å². The summed E-state index contributed by atoms with van der Waals surface area (Å²) in [6.45, 7) is 4.32. The molecule has 0 fully saturated rings. The minimum atomic E-state index is -0.436. The van der Waals surface area contributed by atoms with E-state index in [0.717, 1.165) is 45.4 Å². The van der Waals surface area contributed by atoms with Crippen molar-refractivity contribution in [2.24, 2.45) is 0 Å². The third-order valence-electron chi connectivity index (χ3n) is 6.51. The number of carbonyl (C=O) groups excluding carboxylic acids is 1. The number of halogens is 1. The molecule has 1 aliphatic heterocycles. The summed E-state index contributed by atoms with van der Waals surface area (Å²) in [4.78, 5) is 15.5. The predicted molar refractivity (Wildman–Crippen MR) is 141 cm³/mol. The lowest BCUT2D eigenvalue weighted by atomic mass is 10.0. The van der Waals surface area contributed by atoms with Crippen LogP contribution in [0.5, 0.6) is 11.5 Å². The molecule has 0 saturated heterocycles. The average Bonchev–Trinajstić information content (AvgIpc) is 3.15. The van der Waals surface area contributed by atoms with Crippen molar-refractivity contribution in [1.29, 1.82) is 0 Å². The Morgan fingerprint density at radius 3 is 2.42 bits per heavy atom. The number of amides is 1. The third-order valence-corrected chi connectivity index (χ3v) is 7.06. The van der Waals surface area contributed by atoms with Crippen molar-refractivity contribution in [1.82, 2.24) is 9.78 Å². The second-order valence-electron chi connectivity index (χ2n) is 8.68. The van der Waals surface area contributed by atoms with Gasteiger partial charge in [0.25, 0.3) is 5.91 Å². The van der Waals surface area contributed by atoms with Gasteiger partial charge in [-0.3, -0.25) is 14.4 Å². The van der Waals surface area contributed by atoms with Crippen LogP contribution in [-0.2, 0) is 6.54 Å². The Bertz CT molecular complexity index is 1430. The first-order valence-corrected chi connectivity index (χ1v) is 12.0. The number of anilines is 2. The number of nitrogens with one attached hydrogen (secondary N) is 1. The number of para-hydroxylation sites is 1. The van der Waals surface area contributed by atoms with E-state index in [1.807, 2.05) is 79.2 Å². The SMILES string of the molecule is COc1ccc(N2C(=O)c3ccccc3NC2c2ccc(OC)c(Cn3nc(C)c(Cl)c3C)c2)cc1. The molecule has 184 valence electrons. The fourth-order valence-electron chi connectivity index (χ4n) is 4.58. The molecule has 0 saturated carbocycles. The van der Waals surface area contributed by atoms with Crippen molar-refractivity contribution in [3.05, 3.63) is 99.8 Å². The lowest BCUT2D eigenvalue weighted by Gasteiger charge is -2.38. The molecule has 8 heteroatoms. The molecule has 5 rings (SSSR count). The number of aryl methyl sites for hydroxylation is 1. The zero-order valence-electron chi connectivity index (χ0n) is 20.6. The van der Waals surface area contributed by atoms with E-state index in [9.17, 15) is 4.79 Å². The maximum atomic E-state index is 13.7. The van der Waals surface area contributed by atoms with Crippen LogP contribution >= 0.6 is 11.6 Å². The molecule has 1 aliphatic rings. The number of aromatic nitrogens is 2. The van der Waals surface area contributed by atoms with Gasteiger partial charge < -0.3 is 14.8 Å². The van der Waals surface area contributed by atoms with Gasteiger partial charge in [-0.25, -0.2) is 0 Å². The lowest BCUT2D eigenvalue weighted by molar-refractivity contribution is 0.0975. The minimum absolute atomic E-state index is 0.0813. The highest BCUT2D eigenvalue weighted by molar-refractivity contribution is 6.31. The first-order chi connectivity index (χ1) is 17.4. The fourth-order valence-corrected chi connectivity index (χ4v) is 4.71. The van der Waals surface area contributed by atoms with Gasteiger partial charge in [-0.15, -0.1) is 0 Å². The standard InChI is InChI=1S/C28H27ClN4O3/c1-17-26(29)18(2)32(31-17)16-20-15-19(9-14-25(20)36-4)27-30-24-8-6-5-7-23(24)28(34)33(27)21-10-12-22(35-3)13-11-21/h5-15,27,30H,16H2,1-4H3. The van der Waals surface area contributed by atoms with E-state index in [0.29, 0.717) is 17.1 Å². The van der Waals surface area contributed by atoms with Crippen molar-refractivity contribution < 1.29 is 14.3 Å². The summed E-state index contributed by atoms with van der Waals surface area (Å²) in [7, 11) is 3.27. The molecule has 1 amide bonds. The Morgan fingerprint density at radius 2 is 1.75 bits per heavy atom. The van der Waals surface area contributed by atoms with Gasteiger partial charge in [0.1, 0.15) is 17.7 Å². The topological polar surface area (TPSA) is 68.6 Å². The van der Waals surface area contributed by atoms with Crippen LogP contribution in [0, 0.1) is 13.8 Å². The lowest BCUT2D eigenvalue weighted by Crippen LogP contribution is -2.43. The Balaban J connectivity index is 1.60. The van der Waals surface area contributed by atoms with Crippen LogP contribution < -0.4 is 19.7 Å². The molecule has 1 aromatic heterocycles. The maximum Gasteiger partial charge on any atom is 0.262 e. The van der Waals surface area contributed by atoms with Crippen LogP contribution in [0.25, 0.3) is 0 Å². The fraction of sp³-hybridized carbons (Fsp3) is 0.214. The Labute approximate surface area is 215 Å². The number of fused-ring (bicyclic) bond motifs is 1. The van der Waals surface area contributed by atoms with Gasteiger partial charge in [-0.1, -0.05) is 29.8 Å². The van der Waals surface area contributed by atoms with Crippen molar-refractivity contribution >= 4 is 28.9 Å². The quantitative estimate of drug-likeness (QED) is 0.351. The molecule has 1 N–H and O–H groups in total. The smallest absolute Gasteiger partial charge is 0.262 e. The Morgan fingerprint density at radius 1 is 1.00 bits per heavy atom. The number of carbonyl (C=O) groups is 1. The maximum absolute atomic E-state index is 13.7. The van der Waals surface area contributed by atoms with Gasteiger partial charge in [-0.2, -0.15) is 5.10 Å². The van der Waals surface area contributed by atoms with Crippen molar-refractivity contribution in [2.45, 2.75) is 26.6 Å². The summed E-state index contributed by atoms with van der Waals surface area (Å²) in [6.07, 6.45) is -0.436. The molecule has 7 nitrogen and oxygen atoms in total. The molecule has 2 heterocycles. The first-order valence-electron chi connectivity index (χ1n) is 11.6. The summed E-state index contributed by atoms with van der Waals surface area (Å²) >= 11 is 6.39. The molecule has 0 spiro atoms. The molecule has 3 aromatic carbocycles. The number of rotatable bonds is 6. The number of benzene rings is 3. The molecule has 4 aromatic rings. The number of methoxy groups -OCH3 is 2. The van der Waals surface area contributed by atoms with Crippen molar-refractivity contribution in [3.63, 3.8) is 0 Å². The highest BCUT2D eigenvalue weighted by Crippen LogP contribution is 2.38. The average molecular weight is 503 g/mol. The van der Waals surface area contributed by atoms with Crippen LogP contribution in [0.2, 0.25) is 5.02 Å². The minimum Gasteiger partial charge on any atom is -0.497 e. The number of ether oxygens (including phenoxy) is 2. The van der Waals surface area contributed by atoms with E-state index in [4.69, 9.17) is 21.1 Å². The number of nitrogens with zero attached hydrogens (tertiary/aromatic N) is 3. The molecular weight excluding hydrogens is 476 g/mol. The number of hydrogen-bond acceptors (Lipinski definition) is 5. The third kappa shape index (κ3) is 4.16. The molecule has 0 bridgehead atoms. The van der Waals surface area contributed by atoms with E-state index in [1.54, 1.807) is 19.1 Å². The molecule has 0 aliphatic carbocycles. The second-order valence-corrected chi connectivity index (χ2v) is 9.06. The Kier molecular flexibility index (Phi) is 6.33. The summed E-state index contributed by atoms with van der Waals surface area (Å²) in [5, 5.41) is 8.80. The van der Waals surface area contributed by atoms with E-state index in [1.165, 1.54) is 0 Å². The largest absolute Gasteiger partial charge is 0.497 e. The number of hydrogen-bond donors (Lipinski definition) is 1. The summed E-state index contributed by atoms with van der Waals surface area (Å²) in [5.41, 5.74) is 5.69. The van der Waals surface area contributed by atoms with Crippen LogP contribution in [-0.4, -0.2) is 29.9 Å². The Hall–Kier alpha value is -3.97. The molecular formula is C28H27ClN4O3. The molecule has 0 radical (unpaired) electrons. The normalized spacial score (nSPS) is 14.9. The zero-order chi connectivity index (χ0) is 25.4. The van der Waals surface area contributed by atoms with Crippen LogP contribution in [0.1, 0.15) is 39.0 Å². The van der Waals surface area contributed by atoms with E-state index in [2.05, 4.69) is 16.5 Å². The van der Waals surface area contributed by atoms with Crippen LogP contribution in [0.3, 0.4) is 0 Å². The van der Waals surface area contributed by atoms with E-state index in [-0.39, 0.29) is 5.91 Å². The summed E-state index contributed by atoms with van der Waals surface area (Å²) in [5.74, 6) is 1.38. The molecule has 36 heavy (non-hydrogen) atoms. The monoisotopic (exact) mass is 502 g/mol. The van der Waals surface area contributed by atoms with Gasteiger partial charge in [-0.05, 0) is 67.9 Å². The predicted octanol–water partition coefficient (Wildman–Crippen LogP) is 5.99. The van der Waals surface area contributed by atoms with Crippen molar-refractivity contribution in [3.8, 4) is 11.5 Å². The molecule has 1 atom stereocenters. The first kappa shape index (κ1) is 23.8. The molecule has 1 unspecified atom stereocenters.